The van der Waals surface area contributed by atoms with E-state index in [2.05, 4.69) is 20.6 Å². The number of ether oxygens (including phenoxy) is 2. The Labute approximate surface area is 175 Å². The molecule has 12 heteroatoms. The first-order valence-electron chi connectivity index (χ1n) is 8.84. The Morgan fingerprint density at radius 3 is 2.80 bits per heavy atom. The van der Waals surface area contributed by atoms with E-state index in [-0.39, 0.29) is 41.1 Å². The smallest absolute Gasteiger partial charge is 0.416 e. The first-order valence-corrected chi connectivity index (χ1v) is 9.22. The summed E-state index contributed by atoms with van der Waals surface area (Å²) in [5, 5.41) is 5.76. The molecule has 1 unspecified atom stereocenters. The molecule has 0 spiro atoms. The first-order chi connectivity index (χ1) is 14.3. The van der Waals surface area contributed by atoms with E-state index in [1.807, 2.05) is 0 Å². The van der Waals surface area contributed by atoms with Gasteiger partial charge in [-0.05, 0) is 17.7 Å². The molecule has 1 aromatic heterocycles. The van der Waals surface area contributed by atoms with Crippen LogP contribution in [0, 0.1) is 0 Å². The summed E-state index contributed by atoms with van der Waals surface area (Å²) in [5.41, 5.74) is -1.02. The lowest BCUT2D eigenvalue weighted by atomic mass is 9.99. The standard InChI is InChI=1S/C18H19ClF3N5O3/c1-23-16-12(19)7-24-17(26-16)25-13-6-11(18(20,21)22)10(5-14(13)29-2)15-8-27(9-28)3-4-30-15/h5-7,9,15H,3-4,8H2,1-2H3,(H2,23,24,25,26). The summed E-state index contributed by atoms with van der Waals surface area (Å²) in [6.45, 7) is 0.461. The van der Waals surface area contributed by atoms with Crippen LogP contribution >= 0.6 is 11.6 Å². The van der Waals surface area contributed by atoms with Crippen LogP contribution < -0.4 is 15.4 Å². The molecule has 1 fully saturated rings. The average molecular weight is 446 g/mol. The number of hydrogen-bond acceptors (Lipinski definition) is 7. The molecule has 0 bridgehead atoms. The quantitative estimate of drug-likeness (QED) is 0.658. The molecule has 0 saturated carbocycles. The third-order valence-electron chi connectivity index (χ3n) is 4.50. The molecule has 1 saturated heterocycles. The van der Waals surface area contributed by atoms with Gasteiger partial charge in [-0.15, -0.1) is 0 Å². The number of benzene rings is 1. The minimum absolute atomic E-state index is 0.00827. The van der Waals surface area contributed by atoms with Crippen molar-refractivity contribution in [2.75, 3.05) is 44.5 Å². The lowest BCUT2D eigenvalue weighted by molar-refractivity contribution is -0.141. The Kier molecular flexibility index (Phi) is 6.52. The van der Waals surface area contributed by atoms with Crippen molar-refractivity contribution in [2.24, 2.45) is 0 Å². The van der Waals surface area contributed by atoms with Crippen LogP contribution in [0.2, 0.25) is 5.02 Å². The highest BCUT2D eigenvalue weighted by Crippen LogP contribution is 2.42. The monoisotopic (exact) mass is 445 g/mol. The molecular weight excluding hydrogens is 427 g/mol. The number of carbonyl (C=O) groups excluding carboxylic acids is 1. The van der Waals surface area contributed by atoms with E-state index in [9.17, 15) is 18.0 Å². The van der Waals surface area contributed by atoms with E-state index in [4.69, 9.17) is 21.1 Å². The molecule has 0 aliphatic carbocycles. The molecule has 30 heavy (non-hydrogen) atoms. The van der Waals surface area contributed by atoms with Gasteiger partial charge in [-0.1, -0.05) is 11.6 Å². The van der Waals surface area contributed by atoms with Gasteiger partial charge >= 0.3 is 6.18 Å². The number of morpholine rings is 1. The van der Waals surface area contributed by atoms with E-state index in [0.29, 0.717) is 18.8 Å². The SMILES string of the molecule is CNc1nc(Nc2cc(C(F)(F)F)c(C3CN(C=O)CCO3)cc2OC)ncc1Cl. The fourth-order valence-electron chi connectivity index (χ4n) is 3.05. The summed E-state index contributed by atoms with van der Waals surface area (Å²) in [6.07, 6.45) is -3.70. The maximum absolute atomic E-state index is 13.8. The van der Waals surface area contributed by atoms with Gasteiger partial charge in [0.05, 0.1) is 37.7 Å². The number of methoxy groups -OCH3 is 1. The summed E-state index contributed by atoms with van der Waals surface area (Å²) in [7, 11) is 2.93. The Hall–Kier alpha value is -2.79. The molecule has 1 amide bonds. The Morgan fingerprint density at radius 1 is 1.40 bits per heavy atom. The Bertz CT molecular complexity index is 929. The third-order valence-corrected chi connectivity index (χ3v) is 4.77. The molecule has 2 heterocycles. The summed E-state index contributed by atoms with van der Waals surface area (Å²) in [6, 6.07) is 2.16. The van der Waals surface area contributed by atoms with Crippen molar-refractivity contribution in [1.29, 1.82) is 0 Å². The molecule has 8 nitrogen and oxygen atoms in total. The largest absolute Gasteiger partial charge is 0.495 e. The van der Waals surface area contributed by atoms with Crippen LogP contribution in [0.4, 0.5) is 30.6 Å². The molecule has 3 rings (SSSR count). The van der Waals surface area contributed by atoms with Gasteiger partial charge in [0.25, 0.3) is 0 Å². The second kappa shape index (κ2) is 8.92. The lowest BCUT2D eigenvalue weighted by Gasteiger charge is -2.32. The van der Waals surface area contributed by atoms with Crippen LogP contribution in [0.15, 0.2) is 18.3 Å². The van der Waals surface area contributed by atoms with Gasteiger partial charge in [-0.25, -0.2) is 4.98 Å². The number of rotatable bonds is 6. The number of anilines is 3. The van der Waals surface area contributed by atoms with Crippen LogP contribution in [0.5, 0.6) is 5.75 Å². The molecule has 0 radical (unpaired) electrons. The van der Waals surface area contributed by atoms with Crippen molar-refractivity contribution in [1.82, 2.24) is 14.9 Å². The zero-order valence-corrected chi connectivity index (χ0v) is 16.8. The van der Waals surface area contributed by atoms with Crippen LogP contribution in [0.3, 0.4) is 0 Å². The fourth-order valence-corrected chi connectivity index (χ4v) is 3.24. The van der Waals surface area contributed by atoms with Crippen LogP contribution in [0.25, 0.3) is 0 Å². The predicted molar refractivity (Wildman–Crippen MR) is 104 cm³/mol. The minimum Gasteiger partial charge on any atom is -0.495 e. The third kappa shape index (κ3) is 4.68. The molecule has 2 aromatic rings. The van der Waals surface area contributed by atoms with E-state index in [0.717, 1.165) is 6.07 Å². The van der Waals surface area contributed by atoms with Crippen LogP contribution in [0.1, 0.15) is 17.2 Å². The van der Waals surface area contributed by atoms with E-state index < -0.39 is 17.8 Å². The van der Waals surface area contributed by atoms with E-state index in [1.165, 1.54) is 24.3 Å². The predicted octanol–water partition coefficient (Wildman–Crippen LogP) is 3.47. The Balaban J connectivity index is 2.03. The van der Waals surface area contributed by atoms with Crippen LogP contribution in [-0.2, 0) is 15.7 Å². The number of nitrogens with zero attached hydrogens (tertiary/aromatic N) is 3. The summed E-state index contributed by atoms with van der Waals surface area (Å²) < 4.78 is 52.3. The van der Waals surface area contributed by atoms with E-state index in [1.54, 1.807) is 7.05 Å². The Morgan fingerprint density at radius 2 is 2.17 bits per heavy atom. The highest BCUT2D eigenvalue weighted by Gasteiger charge is 2.38. The number of amides is 1. The highest BCUT2D eigenvalue weighted by molar-refractivity contribution is 6.32. The number of aromatic nitrogens is 2. The van der Waals surface area contributed by atoms with Crippen molar-refractivity contribution >= 4 is 35.5 Å². The number of nitrogens with one attached hydrogen (secondary N) is 2. The van der Waals surface area contributed by atoms with Crippen molar-refractivity contribution in [2.45, 2.75) is 12.3 Å². The second-order valence-electron chi connectivity index (χ2n) is 6.36. The van der Waals surface area contributed by atoms with Crippen molar-refractivity contribution in [3.8, 4) is 5.75 Å². The number of alkyl halides is 3. The maximum Gasteiger partial charge on any atom is 0.416 e. The summed E-state index contributed by atoms with van der Waals surface area (Å²) in [4.78, 5) is 20.5. The van der Waals surface area contributed by atoms with Crippen LogP contribution in [-0.4, -0.2) is 55.1 Å². The molecule has 1 aromatic carbocycles. The van der Waals surface area contributed by atoms with Gasteiger partial charge in [0.1, 0.15) is 22.7 Å². The molecule has 1 aliphatic heterocycles. The molecule has 1 atom stereocenters. The number of carbonyl (C=O) groups is 1. The van der Waals surface area contributed by atoms with Gasteiger partial charge in [0.2, 0.25) is 12.4 Å². The van der Waals surface area contributed by atoms with Crippen molar-refractivity contribution < 1.29 is 27.4 Å². The summed E-state index contributed by atoms with van der Waals surface area (Å²) in [5.74, 6) is 0.476. The minimum atomic E-state index is -4.66. The van der Waals surface area contributed by atoms with E-state index >= 15 is 0 Å². The number of hydrogen-bond donors (Lipinski definition) is 2. The fraction of sp³-hybridized carbons (Fsp3) is 0.389. The van der Waals surface area contributed by atoms with Crippen molar-refractivity contribution in [3.63, 3.8) is 0 Å². The molecule has 162 valence electrons. The second-order valence-corrected chi connectivity index (χ2v) is 6.77. The first kappa shape index (κ1) is 21.9. The molecule has 2 N–H and O–H groups in total. The summed E-state index contributed by atoms with van der Waals surface area (Å²) >= 11 is 5.94. The highest BCUT2D eigenvalue weighted by atomic mass is 35.5. The van der Waals surface area contributed by atoms with Gasteiger partial charge in [0, 0.05) is 13.6 Å². The van der Waals surface area contributed by atoms with Gasteiger partial charge < -0.3 is 25.0 Å². The topological polar surface area (TPSA) is 88.6 Å². The van der Waals surface area contributed by atoms with Gasteiger partial charge in [0.15, 0.2) is 0 Å². The number of halogens is 4. The van der Waals surface area contributed by atoms with Gasteiger partial charge in [-0.3, -0.25) is 4.79 Å². The normalized spacial score (nSPS) is 16.9. The molecule has 1 aliphatic rings. The average Bonchev–Trinajstić information content (AvgIpc) is 2.74. The van der Waals surface area contributed by atoms with Crippen molar-refractivity contribution in [3.05, 3.63) is 34.5 Å². The molecular formula is C18H19ClF3N5O3. The van der Waals surface area contributed by atoms with Gasteiger partial charge in [-0.2, -0.15) is 18.2 Å². The zero-order chi connectivity index (χ0) is 21.9. The zero-order valence-electron chi connectivity index (χ0n) is 16.1. The maximum atomic E-state index is 13.8. The lowest BCUT2D eigenvalue weighted by Crippen LogP contribution is -2.38.